The van der Waals surface area contributed by atoms with Crippen LogP contribution in [0.5, 0.6) is 5.75 Å². The van der Waals surface area contributed by atoms with Crippen LogP contribution in [0.15, 0.2) is 34.9 Å². The fraction of sp³-hybridized carbons (Fsp3) is 0.571. The van der Waals surface area contributed by atoms with Gasteiger partial charge in [0.25, 0.3) is 0 Å². The lowest BCUT2D eigenvalue weighted by Gasteiger charge is -2.22. The smallest absolute Gasteiger partial charge is 0.139 e. The van der Waals surface area contributed by atoms with Crippen LogP contribution in [0.4, 0.5) is 0 Å². The van der Waals surface area contributed by atoms with Crippen LogP contribution in [-0.2, 0) is 6.54 Å². The summed E-state index contributed by atoms with van der Waals surface area (Å²) in [6.45, 7) is 9.32. The van der Waals surface area contributed by atoms with E-state index in [4.69, 9.17) is 9.26 Å². The zero-order valence-corrected chi connectivity index (χ0v) is 15.7. The van der Waals surface area contributed by atoms with Crippen LogP contribution in [0.1, 0.15) is 75.4 Å². The minimum atomic E-state index is 0.372. The number of benzene rings is 1. The van der Waals surface area contributed by atoms with E-state index in [2.05, 4.69) is 61.2 Å². The van der Waals surface area contributed by atoms with E-state index in [0.717, 1.165) is 56.2 Å². The topological polar surface area (TPSA) is 38.5 Å². The largest absolute Gasteiger partial charge is 0.494 e. The van der Waals surface area contributed by atoms with Crippen molar-refractivity contribution >= 4 is 0 Å². The molecule has 0 aliphatic carbocycles. The van der Waals surface area contributed by atoms with Crippen LogP contribution < -0.4 is 4.74 Å². The molecule has 0 unspecified atom stereocenters. The standard InChI is InChI=1S/C21H30N2O2/c1-4-5-13-24-18-10-8-17(9-11-18)15-23-12-6-7-20(23)19-14-21(16(2)3)25-22-19/h8-11,14,16,20H,4-7,12-13,15H2,1-3H3/t20-/m0/s1. The maximum atomic E-state index is 5.75. The summed E-state index contributed by atoms with van der Waals surface area (Å²) in [5.74, 6) is 2.33. The SMILES string of the molecule is CCCCOc1ccc(CN2CCC[C@H]2c2cc(C(C)C)on2)cc1. The quantitative estimate of drug-likeness (QED) is 0.609. The molecule has 0 bridgehead atoms. The minimum Gasteiger partial charge on any atom is -0.494 e. The Morgan fingerprint density at radius 3 is 2.76 bits per heavy atom. The van der Waals surface area contributed by atoms with E-state index in [9.17, 15) is 0 Å². The van der Waals surface area contributed by atoms with Crippen LogP contribution in [-0.4, -0.2) is 23.2 Å². The highest BCUT2D eigenvalue weighted by molar-refractivity contribution is 5.27. The number of rotatable bonds is 8. The first-order chi connectivity index (χ1) is 12.2. The Hall–Kier alpha value is -1.81. The van der Waals surface area contributed by atoms with Crippen molar-refractivity contribution in [2.24, 2.45) is 0 Å². The summed E-state index contributed by atoms with van der Waals surface area (Å²) in [6, 6.07) is 11.0. The van der Waals surface area contributed by atoms with Gasteiger partial charge >= 0.3 is 0 Å². The fourth-order valence-corrected chi connectivity index (χ4v) is 3.34. The van der Waals surface area contributed by atoms with Gasteiger partial charge in [-0.25, -0.2) is 0 Å². The molecular weight excluding hydrogens is 312 g/mol. The van der Waals surface area contributed by atoms with Gasteiger partial charge in [-0.1, -0.05) is 44.5 Å². The maximum Gasteiger partial charge on any atom is 0.139 e. The zero-order valence-electron chi connectivity index (χ0n) is 15.7. The Kier molecular flexibility index (Phi) is 6.14. The second kappa shape index (κ2) is 8.52. The van der Waals surface area contributed by atoms with Crippen molar-refractivity contribution in [2.45, 2.75) is 65.0 Å². The molecule has 0 radical (unpaired) electrons. The number of aromatic nitrogens is 1. The second-order valence-electron chi connectivity index (χ2n) is 7.28. The summed E-state index contributed by atoms with van der Waals surface area (Å²) in [7, 11) is 0. The summed E-state index contributed by atoms with van der Waals surface area (Å²) in [6.07, 6.45) is 4.64. The van der Waals surface area contributed by atoms with Crippen LogP contribution in [0.3, 0.4) is 0 Å². The molecule has 0 saturated carbocycles. The van der Waals surface area contributed by atoms with Crippen molar-refractivity contribution in [3.05, 3.63) is 47.3 Å². The number of hydrogen-bond acceptors (Lipinski definition) is 4. The molecule has 1 aliphatic heterocycles. The average Bonchev–Trinajstić information content (AvgIpc) is 3.25. The molecule has 2 heterocycles. The van der Waals surface area contributed by atoms with Gasteiger partial charge in [-0.15, -0.1) is 0 Å². The predicted octanol–water partition coefficient (Wildman–Crippen LogP) is 5.31. The highest BCUT2D eigenvalue weighted by Gasteiger charge is 2.29. The van der Waals surface area contributed by atoms with Gasteiger partial charge in [-0.2, -0.15) is 0 Å². The Bertz CT molecular complexity index is 648. The van der Waals surface area contributed by atoms with Crippen LogP contribution >= 0.6 is 0 Å². The van der Waals surface area contributed by atoms with Crippen LogP contribution in [0.2, 0.25) is 0 Å². The molecule has 0 N–H and O–H groups in total. The lowest BCUT2D eigenvalue weighted by Crippen LogP contribution is -2.22. The normalized spacial score (nSPS) is 18.2. The van der Waals surface area contributed by atoms with Gasteiger partial charge in [0.05, 0.1) is 12.6 Å². The molecule has 1 aromatic carbocycles. The third kappa shape index (κ3) is 4.63. The lowest BCUT2D eigenvalue weighted by molar-refractivity contribution is 0.236. The Morgan fingerprint density at radius 2 is 2.08 bits per heavy atom. The van der Waals surface area contributed by atoms with Gasteiger partial charge in [0, 0.05) is 18.5 Å². The number of ether oxygens (including phenoxy) is 1. The molecule has 136 valence electrons. The van der Waals surface area contributed by atoms with Gasteiger partial charge < -0.3 is 9.26 Å². The first-order valence-electron chi connectivity index (χ1n) is 9.59. The first kappa shape index (κ1) is 18.0. The Morgan fingerprint density at radius 1 is 1.28 bits per heavy atom. The Balaban J connectivity index is 1.61. The van der Waals surface area contributed by atoms with Gasteiger partial charge in [-0.05, 0) is 43.5 Å². The van der Waals surface area contributed by atoms with Gasteiger partial charge in [-0.3, -0.25) is 4.90 Å². The summed E-state index contributed by atoms with van der Waals surface area (Å²) < 4.78 is 11.3. The molecule has 0 spiro atoms. The second-order valence-corrected chi connectivity index (χ2v) is 7.28. The van der Waals surface area contributed by atoms with Gasteiger partial charge in [0.1, 0.15) is 17.2 Å². The molecule has 4 nitrogen and oxygen atoms in total. The van der Waals surface area contributed by atoms with E-state index < -0.39 is 0 Å². The molecule has 1 aromatic heterocycles. The van der Waals surface area contributed by atoms with Crippen molar-refractivity contribution in [1.29, 1.82) is 0 Å². The Labute approximate surface area is 151 Å². The monoisotopic (exact) mass is 342 g/mol. The van der Waals surface area contributed by atoms with E-state index in [1.54, 1.807) is 0 Å². The summed E-state index contributed by atoms with van der Waals surface area (Å²) in [5.41, 5.74) is 2.41. The lowest BCUT2D eigenvalue weighted by atomic mass is 10.1. The summed E-state index contributed by atoms with van der Waals surface area (Å²) in [4.78, 5) is 2.51. The van der Waals surface area contributed by atoms with Crippen molar-refractivity contribution in [1.82, 2.24) is 10.1 Å². The minimum absolute atomic E-state index is 0.372. The van der Waals surface area contributed by atoms with Gasteiger partial charge in [0.15, 0.2) is 0 Å². The molecular formula is C21H30N2O2. The van der Waals surface area contributed by atoms with Crippen molar-refractivity contribution in [3.8, 4) is 5.75 Å². The molecule has 25 heavy (non-hydrogen) atoms. The third-order valence-electron chi connectivity index (χ3n) is 4.90. The molecule has 2 aromatic rings. The van der Waals surface area contributed by atoms with Crippen molar-refractivity contribution < 1.29 is 9.26 Å². The molecule has 0 amide bonds. The third-order valence-corrected chi connectivity index (χ3v) is 4.90. The number of likely N-dealkylation sites (tertiary alicyclic amines) is 1. The van der Waals surface area contributed by atoms with E-state index >= 15 is 0 Å². The molecule has 3 rings (SSSR count). The van der Waals surface area contributed by atoms with Crippen molar-refractivity contribution in [2.75, 3.05) is 13.2 Å². The van der Waals surface area contributed by atoms with E-state index in [-0.39, 0.29) is 0 Å². The van der Waals surface area contributed by atoms with Crippen LogP contribution in [0.25, 0.3) is 0 Å². The number of hydrogen-bond donors (Lipinski definition) is 0. The molecule has 1 atom stereocenters. The molecule has 4 heteroatoms. The first-order valence-corrected chi connectivity index (χ1v) is 9.59. The molecule has 1 fully saturated rings. The molecule has 1 aliphatic rings. The fourth-order valence-electron chi connectivity index (χ4n) is 3.34. The van der Waals surface area contributed by atoms with Gasteiger partial charge in [0.2, 0.25) is 0 Å². The number of nitrogens with zero attached hydrogens (tertiary/aromatic N) is 2. The zero-order chi connectivity index (χ0) is 17.6. The maximum absolute atomic E-state index is 5.75. The van der Waals surface area contributed by atoms with E-state index in [1.807, 2.05) is 0 Å². The highest BCUT2D eigenvalue weighted by atomic mass is 16.5. The summed E-state index contributed by atoms with van der Waals surface area (Å²) >= 11 is 0. The molecule has 1 saturated heterocycles. The summed E-state index contributed by atoms with van der Waals surface area (Å²) in [5, 5.41) is 4.33. The van der Waals surface area contributed by atoms with E-state index in [0.29, 0.717) is 12.0 Å². The average molecular weight is 342 g/mol. The van der Waals surface area contributed by atoms with E-state index in [1.165, 1.54) is 12.0 Å². The van der Waals surface area contributed by atoms with Crippen LogP contribution in [0, 0.1) is 0 Å². The highest BCUT2D eigenvalue weighted by Crippen LogP contribution is 2.33. The predicted molar refractivity (Wildman–Crippen MR) is 99.8 cm³/mol. The van der Waals surface area contributed by atoms with Crippen molar-refractivity contribution in [3.63, 3.8) is 0 Å². The number of unbranched alkanes of at least 4 members (excludes halogenated alkanes) is 1.